The molecule has 130 valence electrons. The van der Waals surface area contributed by atoms with E-state index in [2.05, 4.69) is 15.5 Å². The number of benzene rings is 1. The summed E-state index contributed by atoms with van der Waals surface area (Å²) >= 11 is 1.06. The first-order valence-corrected chi connectivity index (χ1v) is 7.99. The standard InChI is InChI=1S/C15H11F3N4O2S/c16-10-3-4-11(14(18)13(10)17)20-12(23)7-25-15-21-19-8-22(15)6-9-2-1-5-24-9/h1-5,8H,6-7H2,(H,20,23). The maximum absolute atomic E-state index is 13.5. The fourth-order valence-electron chi connectivity index (χ4n) is 1.97. The topological polar surface area (TPSA) is 73.0 Å². The van der Waals surface area contributed by atoms with Gasteiger partial charge in [0.05, 0.1) is 24.2 Å². The number of amides is 1. The molecular formula is C15H11F3N4O2S. The molecule has 0 atom stereocenters. The van der Waals surface area contributed by atoms with E-state index in [1.807, 2.05) is 0 Å². The predicted molar refractivity (Wildman–Crippen MR) is 83.5 cm³/mol. The van der Waals surface area contributed by atoms with Crippen LogP contribution in [0, 0.1) is 17.5 Å². The van der Waals surface area contributed by atoms with Crippen LogP contribution in [-0.2, 0) is 11.3 Å². The van der Waals surface area contributed by atoms with Gasteiger partial charge in [-0.2, -0.15) is 0 Å². The van der Waals surface area contributed by atoms with Crippen molar-refractivity contribution in [2.75, 3.05) is 11.1 Å². The van der Waals surface area contributed by atoms with Crippen molar-refractivity contribution in [3.8, 4) is 0 Å². The van der Waals surface area contributed by atoms with Crippen molar-refractivity contribution < 1.29 is 22.4 Å². The number of hydrogen-bond donors (Lipinski definition) is 1. The van der Waals surface area contributed by atoms with Crippen molar-refractivity contribution in [2.45, 2.75) is 11.7 Å². The number of thioether (sulfide) groups is 1. The Morgan fingerprint density at radius 2 is 2.08 bits per heavy atom. The number of carbonyl (C=O) groups is 1. The Morgan fingerprint density at radius 3 is 2.84 bits per heavy atom. The maximum Gasteiger partial charge on any atom is 0.234 e. The van der Waals surface area contributed by atoms with E-state index in [9.17, 15) is 18.0 Å². The van der Waals surface area contributed by atoms with Crippen LogP contribution in [0.1, 0.15) is 5.76 Å². The van der Waals surface area contributed by atoms with E-state index in [1.54, 1.807) is 16.7 Å². The van der Waals surface area contributed by atoms with E-state index in [1.165, 1.54) is 12.6 Å². The van der Waals surface area contributed by atoms with E-state index < -0.39 is 29.0 Å². The summed E-state index contributed by atoms with van der Waals surface area (Å²) in [5.41, 5.74) is -0.429. The highest BCUT2D eigenvalue weighted by Crippen LogP contribution is 2.21. The summed E-state index contributed by atoms with van der Waals surface area (Å²) in [6.07, 6.45) is 3.02. The predicted octanol–water partition coefficient (Wildman–Crippen LogP) is 3.07. The summed E-state index contributed by atoms with van der Waals surface area (Å²) in [7, 11) is 0. The molecule has 1 aromatic carbocycles. The van der Waals surface area contributed by atoms with Crippen molar-refractivity contribution in [3.05, 3.63) is 60.1 Å². The lowest BCUT2D eigenvalue weighted by Crippen LogP contribution is -2.16. The molecule has 0 aliphatic rings. The normalized spacial score (nSPS) is 10.8. The molecule has 0 spiro atoms. The van der Waals surface area contributed by atoms with Crippen LogP contribution in [-0.4, -0.2) is 26.4 Å². The molecule has 3 aromatic rings. The largest absolute Gasteiger partial charge is 0.467 e. The summed E-state index contributed by atoms with van der Waals surface area (Å²) in [5.74, 6) is -4.42. The Hall–Kier alpha value is -2.75. The SMILES string of the molecule is O=C(CSc1nncn1Cc1ccco1)Nc1ccc(F)c(F)c1F. The average molecular weight is 368 g/mol. The molecule has 6 nitrogen and oxygen atoms in total. The quantitative estimate of drug-likeness (QED) is 0.535. The minimum Gasteiger partial charge on any atom is -0.467 e. The van der Waals surface area contributed by atoms with Gasteiger partial charge in [0.1, 0.15) is 12.1 Å². The molecule has 0 aliphatic heterocycles. The van der Waals surface area contributed by atoms with Crippen LogP contribution in [0.15, 0.2) is 46.4 Å². The van der Waals surface area contributed by atoms with E-state index in [-0.39, 0.29) is 5.75 Å². The van der Waals surface area contributed by atoms with Gasteiger partial charge in [0.15, 0.2) is 22.6 Å². The Bertz CT molecular complexity index is 883. The zero-order chi connectivity index (χ0) is 17.8. The summed E-state index contributed by atoms with van der Waals surface area (Å²) in [6.45, 7) is 0.391. The van der Waals surface area contributed by atoms with Crippen LogP contribution in [0.25, 0.3) is 0 Å². The molecule has 2 heterocycles. The number of halogens is 3. The van der Waals surface area contributed by atoms with Crippen molar-refractivity contribution in [1.82, 2.24) is 14.8 Å². The number of nitrogens with one attached hydrogen (secondary N) is 1. The molecule has 10 heteroatoms. The van der Waals surface area contributed by atoms with Crippen LogP contribution < -0.4 is 5.32 Å². The summed E-state index contributed by atoms with van der Waals surface area (Å²) in [4.78, 5) is 11.9. The average Bonchev–Trinajstić information content (AvgIpc) is 3.26. The third-order valence-corrected chi connectivity index (χ3v) is 4.11. The van der Waals surface area contributed by atoms with Gasteiger partial charge < -0.3 is 14.3 Å². The van der Waals surface area contributed by atoms with Crippen molar-refractivity contribution >= 4 is 23.4 Å². The Labute approximate surface area is 144 Å². The first-order valence-electron chi connectivity index (χ1n) is 7.01. The molecule has 0 saturated carbocycles. The van der Waals surface area contributed by atoms with Crippen molar-refractivity contribution in [3.63, 3.8) is 0 Å². The highest BCUT2D eigenvalue weighted by Gasteiger charge is 2.16. The molecule has 0 aliphatic carbocycles. The molecule has 25 heavy (non-hydrogen) atoms. The van der Waals surface area contributed by atoms with Crippen LogP contribution in [0.4, 0.5) is 18.9 Å². The van der Waals surface area contributed by atoms with Crippen molar-refractivity contribution in [1.29, 1.82) is 0 Å². The van der Waals surface area contributed by atoms with Crippen LogP contribution in [0.3, 0.4) is 0 Å². The molecule has 0 unspecified atom stereocenters. The van der Waals surface area contributed by atoms with Gasteiger partial charge in [-0.1, -0.05) is 11.8 Å². The van der Waals surface area contributed by atoms with Crippen molar-refractivity contribution in [2.24, 2.45) is 0 Å². The molecule has 1 N–H and O–H groups in total. The second-order valence-corrected chi connectivity index (χ2v) is 5.82. The Balaban J connectivity index is 1.60. The van der Waals surface area contributed by atoms with Gasteiger partial charge in [-0.3, -0.25) is 4.79 Å². The number of furan rings is 1. The van der Waals surface area contributed by atoms with Gasteiger partial charge >= 0.3 is 0 Å². The van der Waals surface area contributed by atoms with Gasteiger partial charge in [0, 0.05) is 0 Å². The number of rotatable bonds is 6. The molecule has 3 rings (SSSR count). The third-order valence-electron chi connectivity index (χ3n) is 3.13. The molecule has 1 amide bonds. The minimum absolute atomic E-state index is 0.116. The lowest BCUT2D eigenvalue weighted by Gasteiger charge is -2.07. The number of nitrogens with zero attached hydrogens (tertiary/aromatic N) is 3. The fourth-order valence-corrected chi connectivity index (χ4v) is 2.69. The van der Waals surface area contributed by atoms with Gasteiger partial charge in [-0.05, 0) is 24.3 Å². The first-order chi connectivity index (χ1) is 12.0. The third kappa shape index (κ3) is 4.02. The summed E-state index contributed by atoms with van der Waals surface area (Å²) in [6, 6.07) is 5.22. The lowest BCUT2D eigenvalue weighted by molar-refractivity contribution is -0.113. The zero-order valence-electron chi connectivity index (χ0n) is 12.6. The summed E-state index contributed by atoms with van der Waals surface area (Å²) < 4.78 is 46.5. The number of aromatic nitrogens is 3. The summed E-state index contributed by atoms with van der Waals surface area (Å²) in [5, 5.41) is 10.3. The lowest BCUT2D eigenvalue weighted by atomic mass is 10.3. The molecule has 2 aromatic heterocycles. The minimum atomic E-state index is -1.64. The second-order valence-electron chi connectivity index (χ2n) is 4.88. The second kappa shape index (κ2) is 7.43. The smallest absolute Gasteiger partial charge is 0.234 e. The monoisotopic (exact) mass is 368 g/mol. The Kier molecular flexibility index (Phi) is 5.08. The van der Waals surface area contributed by atoms with Gasteiger partial charge in [0.25, 0.3) is 0 Å². The first kappa shape index (κ1) is 17.1. The van der Waals surface area contributed by atoms with Gasteiger partial charge in [-0.25, -0.2) is 13.2 Å². The maximum atomic E-state index is 13.5. The van der Waals surface area contributed by atoms with Crippen LogP contribution in [0.5, 0.6) is 0 Å². The molecule has 0 saturated heterocycles. The molecule has 0 bridgehead atoms. The van der Waals surface area contributed by atoms with E-state index in [4.69, 9.17) is 4.42 Å². The van der Waals surface area contributed by atoms with E-state index >= 15 is 0 Å². The van der Waals surface area contributed by atoms with Crippen LogP contribution in [0.2, 0.25) is 0 Å². The zero-order valence-corrected chi connectivity index (χ0v) is 13.4. The van der Waals surface area contributed by atoms with Gasteiger partial charge in [0.2, 0.25) is 5.91 Å². The number of hydrogen-bond acceptors (Lipinski definition) is 5. The molecular weight excluding hydrogens is 357 g/mol. The van der Waals surface area contributed by atoms with E-state index in [0.29, 0.717) is 17.5 Å². The van der Waals surface area contributed by atoms with Crippen LogP contribution >= 0.6 is 11.8 Å². The Morgan fingerprint density at radius 1 is 1.24 bits per heavy atom. The number of anilines is 1. The van der Waals surface area contributed by atoms with E-state index in [0.717, 1.165) is 23.9 Å². The molecule has 0 radical (unpaired) electrons. The highest BCUT2D eigenvalue weighted by molar-refractivity contribution is 7.99. The fraction of sp³-hybridized carbons (Fsp3) is 0.133. The highest BCUT2D eigenvalue weighted by atomic mass is 32.2. The molecule has 0 fully saturated rings. The van der Waals surface area contributed by atoms with Gasteiger partial charge in [-0.15, -0.1) is 10.2 Å². The number of carbonyl (C=O) groups excluding carboxylic acids is 1.